The van der Waals surface area contributed by atoms with E-state index in [0.717, 1.165) is 12.0 Å². The van der Waals surface area contributed by atoms with E-state index < -0.39 is 32.2 Å². The molecule has 0 spiro atoms. The predicted octanol–water partition coefficient (Wildman–Crippen LogP) is 5.87. The lowest BCUT2D eigenvalue weighted by Crippen LogP contribution is -2.56. The van der Waals surface area contributed by atoms with Gasteiger partial charge in [0.2, 0.25) is 10.0 Å². The van der Waals surface area contributed by atoms with Crippen molar-refractivity contribution in [3.05, 3.63) is 34.3 Å². The summed E-state index contributed by atoms with van der Waals surface area (Å²) in [7, 11) is -2.45. The monoisotopic (exact) mass is 485 g/mol. The molecule has 1 fully saturated rings. The molecule has 0 saturated heterocycles. The normalized spacial score (nSPS) is 22.4. The van der Waals surface area contributed by atoms with E-state index in [0.29, 0.717) is 22.4 Å². The highest BCUT2D eigenvalue weighted by Gasteiger charge is 2.49. The van der Waals surface area contributed by atoms with Gasteiger partial charge in [0.05, 0.1) is 23.3 Å². The third-order valence-corrected chi connectivity index (χ3v) is 9.43. The molecular weight excluding hydrogens is 446 g/mol. The van der Waals surface area contributed by atoms with Gasteiger partial charge in [0.25, 0.3) is 0 Å². The van der Waals surface area contributed by atoms with Crippen LogP contribution in [0.15, 0.2) is 18.2 Å². The Hall–Kier alpha value is -1.11. The largest absolute Gasteiger partial charge is 0.469 e. The number of methoxy groups -OCH3 is 1. The number of hydrogen-bond donors (Lipinski definition) is 1. The van der Waals surface area contributed by atoms with Crippen LogP contribution in [0.2, 0.25) is 5.02 Å². The highest BCUT2D eigenvalue weighted by molar-refractivity contribution is 7.90. The van der Waals surface area contributed by atoms with Crippen molar-refractivity contribution in [3.8, 4) is 0 Å². The van der Waals surface area contributed by atoms with E-state index in [4.69, 9.17) is 16.3 Å². The van der Waals surface area contributed by atoms with Crippen LogP contribution in [-0.4, -0.2) is 26.2 Å². The molecule has 0 aromatic heterocycles. The average molecular weight is 486 g/mol. The Bertz CT molecular complexity index is 959. The highest BCUT2D eigenvalue weighted by atomic mass is 35.5. The van der Waals surface area contributed by atoms with Crippen molar-refractivity contribution in [3.63, 3.8) is 0 Å². The van der Waals surface area contributed by atoms with Gasteiger partial charge in [0, 0.05) is 5.02 Å². The molecule has 0 bridgehead atoms. The van der Waals surface area contributed by atoms with Gasteiger partial charge in [0.15, 0.2) is 0 Å². The molecule has 1 unspecified atom stereocenters. The number of carbonyl (C=O) groups is 1. The number of esters is 1. The van der Waals surface area contributed by atoms with E-state index in [9.17, 15) is 13.2 Å². The van der Waals surface area contributed by atoms with Crippen LogP contribution in [0.4, 0.5) is 0 Å². The summed E-state index contributed by atoms with van der Waals surface area (Å²) >= 11 is 6.75. The van der Waals surface area contributed by atoms with Gasteiger partial charge in [-0.25, -0.2) is 13.1 Å². The van der Waals surface area contributed by atoms with Gasteiger partial charge < -0.3 is 4.74 Å². The van der Waals surface area contributed by atoms with Crippen molar-refractivity contribution in [2.75, 3.05) is 7.11 Å². The van der Waals surface area contributed by atoms with E-state index in [1.165, 1.54) is 7.11 Å². The van der Waals surface area contributed by atoms with Crippen LogP contribution in [0.25, 0.3) is 0 Å². The third kappa shape index (κ3) is 5.34. The van der Waals surface area contributed by atoms with Crippen LogP contribution >= 0.6 is 11.6 Å². The number of halogens is 1. The minimum absolute atomic E-state index is 0.178. The quantitative estimate of drug-likeness (QED) is 0.490. The molecule has 4 atom stereocenters. The Morgan fingerprint density at radius 3 is 2.06 bits per heavy atom. The molecule has 5 nitrogen and oxygen atoms in total. The van der Waals surface area contributed by atoms with Crippen LogP contribution in [0.3, 0.4) is 0 Å². The van der Waals surface area contributed by atoms with E-state index >= 15 is 0 Å². The molecule has 0 aliphatic heterocycles. The summed E-state index contributed by atoms with van der Waals surface area (Å²) < 4.78 is 33.3. The first-order chi connectivity index (χ1) is 14.4. The minimum atomic E-state index is -3.78. The average Bonchev–Trinajstić information content (AvgIpc) is 3.40. The lowest BCUT2D eigenvalue weighted by molar-refractivity contribution is -0.150. The van der Waals surface area contributed by atoms with Crippen molar-refractivity contribution in [1.29, 1.82) is 0 Å². The molecule has 1 aromatic rings. The lowest BCUT2D eigenvalue weighted by atomic mass is 9.74. The first kappa shape index (κ1) is 27.1. The molecule has 1 saturated carbocycles. The molecule has 1 aromatic carbocycles. The summed E-state index contributed by atoms with van der Waals surface area (Å²) in [6, 6.07) is 5.72. The van der Waals surface area contributed by atoms with Crippen molar-refractivity contribution < 1.29 is 17.9 Å². The smallest absolute Gasteiger partial charge is 0.311 e. The van der Waals surface area contributed by atoms with E-state index in [2.05, 4.69) is 25.5 Å². The maximum absolute atomic E-state index is 13.2. The van der Waals surface area contributed by atoms with Gasteiger partial charge in [-0.3, -0.25) is 4.79 Å². The molecule has 32 heavy (non-hydrogen) atoms. The topological polar surface area (TPSA) is 72.5 Å². The first-order valence-corrected chi connectivity index (χ1v) is 13.1. The van der Waals surface area contributed by atoms with Gasteiger partial charge in [-0.05, 0) is 74.5 Å². The Balaban J connectivity index is 2.60. The van der Waals surface area contributed by atoms with Crippen LogP contribution in [0.5, 0.6) is 0 Å². The highest BCUT2D eigenvalue weighted by Crippen LogP contribution is 2.58. The number of rotatable bonds is 7. The van der Waals surface area contributed by atoms with Crippen LogP contribution in [-0.2, 0) is 25.1 Å². The summed E-state index contributed by atoms with van der Waals surface area (Å²) in [4.78, 5) is 12.8. The Labute approximate surface area is 199 Å². The van der Waals surface area contributed by atoms with Gasteiger partial charge >= 0.3 is 5.97 Å². The fraction of sp³-hybridized carbons (Fsp3) is 0.720. The van der Waals surface area contributed by atoms with Crippen molar-refractivity contribution in [2.24, 2.45) is 23.2 Å². The molecule has 1 aliphatic carbocycles. The number of benzene rings is 1. The summed E-state index contributed by atoms with van der Waals surface area (Å²) in [5.74, 6) is -0.419. The SMILES string of the molecule is COC(=O)[C@H](C(C)C)C(C)(NS(=O)(=O)C(C)(C)C)c1ccc([C@@H]2C[C@H]2C(C)(C)C)c(Cl)c1. The second kappa shape index (κ2) is 8.92. The number of ether oxygens (including phenoxy) is 1. The molecule has 0 heterocycles. The first-order valence-electron chi connectivity index (χ1n) is 11.3. The molecule has 7 heteroatoms. The van der Waals surface area contributed by atoms with Crippen LogP contribution in [0.1, 0.15) is 85.8 Å². The van der Waals surface area contributed by atoms with Crippen molar-refractivity contribution >= 4 is 27.6 Å². The van der Waals surface area contributed by atoms with E-state index in [1.54, 1.807) is 27.7 Å². The van der Waals surface area contributed by atoms with Crippen LogP contribution < -0.4 is 4.72 Å². The Morgan fingerprint density at radius 2 is 1.69 bits per heavy atom. The van der Waals surface area contributed by atoms with Gasteiger partial charge in [-0.1, -0.05) is 58.4 Å². The molecule has 1 aliphatic rings. The zero-order valence-corrected chi connectivity index (χ0v) is 22.7. The summed E-state index contributed by atoms with van der Waals surface area (Å²) in [5.41, 5.74) is 0.700. The zero-order chi connectivity index (χ0) is 24.9. The van der Waals surface area contributed by atoms with Crippen molar-refractivity contribution in [1.82, 2.24) is 4.72 Å². The molecule has 182 valence electrons. The molecule has 1 N–H and O–H groups in total. The van der Waals surface area contributed by atoms with Gasteiger partial charge in [-0.2, -0.15) is 0 Å². The number of carbonyl (C=O) groups excluding carboxylic acids is 1. The Morgan fingerprint density at radius 1 is 1.12 bits per heavy atom. The van der Waals surface area contributed by atoms with Gasteiger partial charge in [-0.15, -0.1) is 0 Å². The molecule has 0 amide bonds. The minimum Gasteiger partial charge on any atom is -0.469 e. The molecule has 0 radical (unpaired) electrons. The Kier molecular flexibility index (Phi) is 7.56. The zero-order valence-electron chi connectivity index (χ0n) is 21.2. The third-order valence-electron chi connectivity index (χ3n) is 6.80. The lowest BCUT2D eigenvalue weighted by Gasteiger charge is -2.41. The van der Waals surface area contributed by atoms with Gasteiger partial charge in [0.1, 0.15) is 0 Å². The summed E-state index contributed by atoms with van der Waals surface area (Å²) in [5, 5.41) is 0.604. The maximum atomic E-state index is 13.2. The predicted molar refractivity (Wildman–Crippen MR) is 131 cm³/mol. The maximum Gasteiger partial charge on any atom is 0.311 e. The second-order valence-electron chi connectivity index (χ2n) is 11.7. The fourth-order valence-electron chi connectivity index (χ4n) is 4.68. The van der Waals surface area contributed by atoms with E-state index in [1.807, 2.05) is 32.0 Å². The molecule has 2 rings (SSSR count). The number of nitrogens with one attached hydrogen (secondary N) is 1. The van der Waals surface area contributed by atoms with Crippen LogP contribution in [0, 0.1) is 23.2 Å². The van der Waals surface area contributed by atoms with Crippen molar-refractivity contribution in [2.45, 2.75) is 84.9 Å². The standard InChI is InChI=1S/C25H40ClNO4S/c1-15(2)21(22(28)31-10)25(9,27-32(29,30)24(6,7)8)16-11-12-17(20(26)13-16)18-14-19(18)23(3,4)5/h11-13,15,18-19,21,27H,14H2,1-10H3/t18-,19+,21-,25?/m0/s1. The second-order valence-corrected chi connectivity index (χ2v) is 14.6. The summed E-state index contributed by atoms with van der Waals surface area (Å²) in [6.45, 7) is 17.1. The number of sulfonamides is 1. The van der Waals surface area contributed by atoms with E-state index in [-0.39, 0.29) is 11.3 Å². The number of hydrogen-bond acceptors (Lipinski definition) is 4. The summed E-state index contributed by atoms with van der Waals surface area (Å²) in [6.07, 6.45) is 1.09. The molecular formula is C25H40ClNO4S. The fourth-order valence-corrected chi connectivity index (χ4v) is 6.11.